The molecule has 1 unspecified atom stereocenters. The van der Waals surface area contributed by atoms with E-state index in [2.05, 4.69) is 0 Å². The molecule has 0 aliphatic heterocycles. The Morgan fingerprint density at radius 3 is 2.68 bits per heavy atom. The van der Waals surface area contributed by atoms with Crippen molar-refractivity contribution in [2.45, 2.75) is 31.8 Å². The minimum absolute atomic E-state index is 0.141. The molecular formula is C14H16F2O3. The summed E-state index contributed by atoms with van der Waals surface area (Å²) < 4.78 is 32.4. The first-order valence-electron chi connectivity index (χ1n) is 6.21. The summed E-state index contributed by atoms with van der Waals surface area (Å²) in [6.45, 7) is 0.175. The van der Waals surface area contributed by atoms with Gasteiger partial charge in [-0.25, -0.2) is 8.78 Å². The van der Waals surface area contributed by atoms with E-state index in [0.29, 0.717) is 5.56 Å². The zero-order valence-corrected chi connectivity index (χ0v) is 10.7. The van der Waals surface area contributed by atoms with Crippen LogP contribution in [0.5, 0.6) is 0 Å². The maximum Gasteiger partial charge on any atom is 0.303 e. The molecule has 5 heteroatoms. The number of ether oxygens (including phenoxy) is 1. The smallest absolute Gasteiger partial charge is 0.303 e. The number of rotatable bonds is 6. The van der Waals surface area contributed by atoms with Crippen LogP contribution in [0.15, 0.2) is 12.1 Å². The van der Waals surface area contributed by atoms with Gasteiger partial charge in [0.2, 0.25) is 0 Å². The predicted molar refractivity (Wildman–Crippen MR) is 64.8 cm³/mol. The number of benzene rings is 1. The van der Waals surface area contributed by atoms with E-state index in [4.69, 9.17) is 9.84 Å². The van der Waals surface area contributed by atoms with Crippen LogP contribution in [0.25, 0.3) is 0 Å². The highest BCUT2D eigenvalue weighted by molar-refractivity contribution is 5.68. The van der Waals surface area contributed by atoms with Crippen molar-refractivity contribution in [1.82, 2.24) is 0 Å². The van der Waals surface area contributed by atoms with Crippen molar-refractivity contribution in [3.63, 3.8) is 0 Å². The number of carbonyl (C=O) groups is 1. The van der Waals surface area contributed by atoms with Crippen molar-refractivity contribution in [3.05, 3.63) is 34.9 Å². The minimum Gasteiger partial charge on any atom is -0.481 e. The number of halogens is 2. The van der Waals surface area contributed by atoms with E-state index in [0.717, 1.165) is 18.9 Å². The van der Waals surface area contributed by atoms with Crippen LogP contribution < -0.4 is 0 Å². The van der Waals surface area contributed by atoms with Crippen LogP contribution in [-0.2, 0) is 16.1 Å². The molecule has 1 aromatic rings. The molecule has 0 radical (unpaired) electrons. The molecule has 104 valence electrons. The number of hydrogen-bond donors (Lipinski definition) is 1. The van der Waals surface area contributed by atoms with E-state index in [1.54, 1.807) is 0 Å². The van der Waals surface area contributed by atoms with Gasteiger partial charge in [0.15, 0.2) is 11.6 Å². The Bertz CT molecular complexity index is 484. The molecule has 3 nitrogen and oxygen atoms in total. The molecule has 1 aliphatic carbocycles. The predicted octanol–water partition coefficient (Wildman–Crippen LogP) is 3.08. The van der Waals surface area contributed by atoms with Crippen LogP contribution in [0, 0.1) is 17.6 Å². The molecule has 1 fully saturated rings. The van der Waals surface area contributed by atoms with Gasteiger partial charge in [-0.3, -0.25) is 4.79 Å². The quantitative estimate of drug-likeness (QED) is 0.864. The Balaban J connectivity index is 2.36. The molecule has 0 aromatic heterocycles. The Labute approximate surface area is 110 Å². The topological polar surface area (TPSA) is 46.5 Å². The monoisotopic (exact) mass is 270 g/mol. The summed E-state index contributed by atoms with van der Waals surface area (Å²) >= 11 is 0. The molecule has 2 rings (SSSR count). The first-order chi connectivity index (χ1) is 9.02. The van der Waals surface area contributed by atoms with Gasteiger partial charge in [0.05, 0.1) is 13.0 Å². The van der Waals surface area contributed by atoms with Gasteiger partial charge in [0.1, 0.15) is 0 Å². The highest BCUT2D eigenvalue weighted by Crippen LogP contribution is 2.45. The molecule has 0 bridgehead atoms. The minimum atomic E-state index is -0.992. The van der Waals surface area contributed by atoms with Gasteiger partial charge in [-0.1, -0.05) is 6.07 Å². The van der Waals surface area contributed by atoms with Crippen LogP contribution in [0.1, 0.15) is 36.3 Å². The van der Waals surface area contributed by atoms with Crippen molar-refractivity contribution >= 4 is 5.97 Å². The molecule has 1 saturated carbocycles. The molecule has 0 heterocycles. The normalized spacial score (nSPS) is 16.4. The summed E-state index contributed by atoms with van der Waals surface area (Å²) in [5, 5.41) is 8.91. The van der Waals surface area contributed by atoms with Crippen molar-refractivity contribution in [2.24, 2.45) is 5.92 Å². The highest BCUT2D eigenvalue weighted by atomic mass is 19.2. The number of hydrogen-bond acceptors (Lipinski definition) is 2. The molecule has 19 heavy (non-hydrogen) atoms. The van der Waals surface area contributed by atoms with Gasteiger partial charge in [-0.05, 0) is 36.0 Å². The summed E-state index contributed by atoms with van der Waals surface area (Å²) in [6.07, 6.45) is 1.57. The molecule has 1 N–H and O–H groups in total. The molecule has 1 atom stereocenters. The van der Waals surface area contributed by atoms with E-state index in [1.807, 2.05) is 0 Å². The van der Waals surface area contributed by atoms with E-state index >= 15 is 0 Å². The Morgan fingerprint density at radius 2 is 2.16 bits per heavy atom. The van der Waals surface area contributed by atoms with Crippen LogP contribution >= 0.6 is 0 Å². The van der Waals surface area contributed by atoms with E-state index in [9.17, 15) is 13.6 Å². The highest BCUT2D eigenvalue weighted by Gasteiger charge is 2.36. The van der Waals surface area contributed by atoms with Gasteiger partial charge in [-0.2, -0.15) is 0 Å². The number of carboxylic acid groups (broad SMARTS) is 1. The molecule has 1 aliphatic rings. The Hall–Kier alpha value is -1.49. The van der Waals surface area contributed by atoms with Crippen molar-refractivity contribution in [3.8, 4) is 0 Å². The SMILES string of the molecule is COCc1cc(F)c(F)c(C(CC(=O)O)C2CC2)c1. The molecule has 0 saturated heterocycles. The second-order valence-electron chi connectivity index (χ2n) is 4.96. The number of carboxylic acids is 1. The third-order valence-electron chi connectivity index (χ3n) is 3.41. The average Bonchev–Trinajstić information content (AvgIpc) is 3.15. The zero-order chi connectivity index (χ0) is 14.0. The average molecular weight is 270 g/mol. The summed E-state index contributed by atoms with van der Waals surface area (Å²) in [5.74, 6) is -3.18. The maximum atomic E-state index is 13.9. The van der Waals surface area contributed by atoms with Gasteiger partial charge < -0.3 is 9.84 Å². The zero-order valence-electron chi connectivity index (χ0n) is 10.7. The fraction of sp³-hybridized carbons (Fsp3) is 0.500. The lowest BCUT2D eigenvalue weighted by molar-refractivity contribution is -0.137. The largest absolute Gasteiger partial charge is 0.481 e. The third-order valence-corrected chi connectivity index (χ3v) is 3.41. The van der Waals surface area contributed by atoms with Gasteiger partial charge >= 0.3 is 5.97 Å². The first-order valence-corrected chi connectivity index (χ1v) is 6.21. The fourth-order valence-electron chi connectivity index (χ4n) is 2.41. The summed E-state index contributed by atoms with van der Waals surface area (Å²) in [6, 6.07) is 2.61. The van der Waals surface area contributed by atoms with Crippen LogP contribution in [-0.4, -0.2) is 18.2 Å². The summed E-state index contributed by atoms with van der Waals surface area (Å²) in [7, 11) is 1.47. The van der Waals surface area contributed by atoms with Gasteiger partial charge in [0.25, 0.3) is 0 Å². The van der Waals surface area contributed by atoms with Crippen LogP contribution in [0.3, 0.4) is 0 Å². The fourth-order valence-corrected chi connectivity index (χ4v) is 2.41. The molecule has 0 amide bonds. The van der Waals surface area contributed by atoms with Crippen molar-refractivity contribution < 1.29 is 23.4 Å². The lowest BCUT2D eigenvalue weighted by Crippen LogP contribution is -2.12. The molecule has 1 aromatic carbocycles. The first kappa shape index (κ1) is 13.9. The lowest BCUT2D eigenvalue weighted by Gasteiger charge is -2.17. The number of methoxy groups -OCH3 is 1. The second-order valence-corrected chi connectivity index (χ2v) is 4.96. The standard InChI is InChI=1S/C14H16F2O3/c1-19-7-8-4-11(14(16)12(15)5-8)10(6-13(17)18)9-2-3-9/h4-5,9-10H,2-3,6-7H2,1H3,(H,17,18). The van der Waals surface area contributed by atoms with Crippen molar-refractivity contribution in [1.29, 1.82) is 0 Å². The third kappa shape index (κ3) is 3.29. The maximum absolute atomic E-state index is 13.9. The van der Waals surface area contributed by atoms with Crippen LogP contribution in [0.2, 0.25) is 0 Å². The molecular weight excluding hydrogens is 254 g/mol. The Morgan fingerprint density at radius 1 is 1.47 bits per heavy atom. The number of aliphatic carboxylic acids is 1. The lowest BCUT2D eigenvalue weighted by atomic mass is 9.89. The molecule has 0 spiro atoms. The summed E-state index contributed by atoms with van der Waals surface area (Å²) in [4.78, 5) is 10.9. The van der Waals surface area contributed by atoms with Crippen molar-refractivity contribution in [2.75, 3.05) is 7.11 Å². The Kier molecular flexibility index (Phi) is 4.14. The van der Waals surface area contributed by atoms with Crippen LogP contribution in [0.4, 0.5) is 8.78 Å². The van der Waals surface area contributed by atoms with E-state index in [-0.39, 0.29) is 24.5 Å². The second kappa shape index (κ2) is 5.65. The van der Waals surface area contributed by atoms with E-state index < -0.39 is 23.5 Å². The van der Waals surface area contributed by atoms with Gasteiger partial charge in [0, 0.05) is 13.0 Å². The van der Waals surface area contributed by atoms with Gasteiger partial charge in [-0.15, -0.1) is 0 Å². The van der Waals surface area contributed by atoms with E-state index in [1.165, 1.54) is 13.2 Å². The summed E-state index contributed by atoms with van der Waals surface area (Å²) in [5.41, 5.74) is 0.685.